The van der Waals surface area contributed by atoms with Crippen molar-refractivity contribution in [2.45, 2.75) is 58.5 Å². The molecule has 3 aromatic carbocycles. The van der Waals surface area contributed by atoms with Gasteiger partial charge in [-0.05, 0) is 86.8 Å². The van der Waals surface area contributed by atoms with Crippen molar-refractivity contribution < 1.29 is 75.0 Å². The van der Waals surface area contributed by atoms with Gasteiger partial charge in [-0.25, -0.2) is 38.0 Å². The molecule has 2 heterocycles. The van der Waals surface area contributed by atoms with Crippen LogP contribution in [-0.2, 0) is 45.1 Å². The highest BCUT2D eigenvalue weighted by Crippen LogP contribution is 2.35. The molecule has 5 rings (SSSR count). The second-order valence-electron chi connectivity index (χ2n) is 15.0. The zero-order valence-corrected chi connectivity index (χ0v) is 39.6. The van der Waals surface area contributed by atoms with E-state index in [9.17, 15) is 55.3 Å². The fourth-order valence-corrected chi connectivity index (χ4v) is 6.54. The highest BCUT2D eigenvalue weighted by Gasteiger charge is 2.35. The molecule has 0 aliphatic carbocycles. The van der Waals surface area contributed by atoms with Crippen molar-refractivity contribution in [3.8, 4) is 17.2 Å². The summed E-state index contributed by atoms with van der Waals surface area (Å²) in [6, 6.07) is 15.1. The molecule has 0 radical (unpaired) electrons. The van der Waals surface area contributed by atoms with Crippen molar-refractivity contribution in [3.63, 3.8) is 0 Å². The number of rotatable bonds is 16. The van der Waals surface area contributed by atoms with E-state index < -0.39 is 78.2 Å². The first-order valence-corrected chi connectivity index (χ1v) is 23.0. The summed E-state index contributed by atoms with van der Waals surface area (Å²) in [6.07, 6.45) is -3.52. The minimum absolute atomic E-state index is 0.0412. The molecule has 20 nitrogen and oxygen atoms in total. The summed E-state index contributed by atoms with van der Waals surface area (Å²) in [5.41, 5.74) is 5.44. The Morgan fingerprint density at radius 1 is 0.972 bits per heavy atom. The number of carbonyl (C=O) groups is 4. The third-order valence-electron chi connectivity index (χ3n) is 9.48. The maximum atomic E-state index is 13.1. The number of nitrogens with zero attached hydrogens (tertiary/aromatic N) is 4. The number of aromatic nitrogens is 3. The van der Waals surface area contributed by atoms with E-state index in [4.69, 9.17) is 35.1 Å². The average Bonchev–Trinajstić information content (AvgIpc) is 3.30. The minimum Gasteiger partial charge on any atom is -0.489 e. The van der Waals surface area contributed by atoms with Gasteiger partial charge in [0.15, 0.2) is 13.5 Å². The number of aryl methyl sites for hydroxylation is 1. The molecule has 5 aromatic rings. The van der Waals surface area contributed by atoms with Crippen LogP contribution in [0.3, 0.4) is 0 Å². The van der Waals surface area contributed by atoms with E-state index in [-0.39, 0.29) is 47.5 Å². The number of pyridine rings is 1. The Morgan fingerprint density at radius 2 is 1.61 bits per heavy atom. The van der Waals surface area contributed by atoms with Crippen LogP contribution in [0.25, 0.3) is 5.69 Å². The average molecular weight is 1020 g/mol. The van der Waals surface area contributed by atoms with Gasteiger partial charge in [0.25, 0.3) is 5.56 Å². The van der Waals surface area contributed by atoms with E-state index in [0.29, 0.717) is 38.3 Å². The molecule has 0 saturated carbocycles. The monoisotopic (exact) mass is 1020 g/mol. The van der Waals surface area contributed by atoms with Crippen LogP contribution < -0.4 is 37.2 Å². The number of anilines is 1. The van der Waals surface area contributed by atoms with Crippen LogP contribution >= 0.6 is 7.37 Å². The quantitative estimate of drug-likeness (QED) is 0.0220. The fraction of sp³-hybridized carbons (Fsp3) is 0.289. The molecule has 0 spiro atoms. The second-order valence-corrected chi connectivity index (χ2v) is 17.6. The normalized spacial score (nSPS) is 12.8. The zero-order valence-electron chi connectivity index (χ0n) is 38.7. The number of carbonyl (C=O) groups excluding carboxylic acids is 2. The van der Waals surface area contributed by atoms with Crippen LogP contribution in [-0.4, -0.2) is 91.0 Å². The molecule has 0 bridgehead atoms. The van der Waals surface area contributed by atoms with E-state index in [2.05, 4.69) is 20.8 Å². The number of nitrogens with two attached hydrogens (primary N) is 1. The van der Waals surface area contributed by atoms with Crippen molar-refractivity contribution in [1.29, 1.82) is 0 Å². The van der Waals surface area contributed by atoms with Gasteiger partial charge in [-0.3, -0.25) is 23.7 Å². The number of amides is 2. The van der Waals surface area contributed by atoms with Crippen LogP contribution in [0.15, 0.2) is 99.8 Å². The van der Waals surface area contributed by atoms with E-state index in [1.807, 2.05) is 25.1 Å². The third kappa shape index (κ3) is 17.9. The standard InChI is InChI=1S/C25H25F3N2O6.C15H12F2N4O3.C5H12NO4P/c1-5-16-6-7-17(20(12-16)36-15(2)23(32)34-4)14-35-19-10-8-18(9-11-19)30-22(31)13-21(25(26,27)28)29(3)24(30)33;1-8(13-12(14(22)23)3-2-4-18-13)20-21-15(24)19-11-6-9(16)5-10(17)7-11;1-11(9,10)3-2-4(6)5(7)8/h6-13,15H,5,14H2,1-4H3;2-7H,1H3,(H,22,23)(H2,19,21,24);4H,2-3,6H2,1H3,(H,7,8)(H,9,10)/b;20-8+;. The molecule has 71 heavy (non-hydrogen) atoms. The molecule has 7 N–H and O–H groups in total. The molecule has 3 unspecified atom stereocenters. The molecule has 2 aromatic heterocycles. The maximum absolute atomic E-state index is 13.1. The molecular weight excluding hydrogens is 972 g/mol. The third-order valence-corrected chi connectivity index (χ3v) is 10.6. The lowest BCUT2D eigenvalue weighted by molar-refractivity contribution is -0.148. The summed E-state index contributed by atoms with van der Waals surface area (Å²) < 4.78 is 93.2. The molecule has 3 atom stereocenters. The number of aliphatic carboxylic acids is 1. The SMILES string of the molecule is C/C(=N\NC(=O)Nc1cc(F)cc(F)c1)c1ncccc1C(=O)O.CCc1ccc(COc2ccc(-n3c(=O)cc(C(F)(F)F)n(C)c3=O)cc2)c(OC(C)C(=O)OC)c1.CP(=O)(O)CCC(N)C(=O)O. The van der Waals surface area contributed by atoms with Gasteiger partial charge in [0.05, 0.1) is 24.1 Å². The summed E-state index contributed by atoms with van der Waals surface area (Å²) >= 11 is 0. The first-order chi connectivity index (χ1) is 33.1. The predicted octanol–water partition coefficient (Wildman–Crippen LogP) is 5.93. The van der Waals surface area contributed by atoms with Crippen LogP contribution in [0.1, 0.15) is 60.1 Å². The summed E-state index contributed by atoms with van der Waals surface area (Å²) in [5, 5.41) is 23.3. The van der Waals surface area contributed by atoms with Crippen LogP contribution in [0.2, 0.25) is 0 Å². The van der Waals surface area contributed by atoms with Gasteiger partial charge in [0.1, 0.15) is 47.2 Å². The van der Waals surface area contributed by atoms with Crippen LogP contribution in [0, 0.1) is 11.6 Å². The number of benzene rings is 3. The number of hydrazone groups is 1. The van der Waals surface area contributed by atoms with Gasteiger partial charge in [-0.2, -0.15) is 18.3 Å². The molecular formula is C45H49F5N7O13P. The lowest BCUT2D eigenvalue weighted by atomic mass is 10.1. The lowest BCUT2D eigenvalue weighted by Gasteiger charge is -2.17. The maximum Gasteiger partial charge on any atom is 0.431 e. The number of urea groups is 1. The number of hydrogen-bond donors (Lipinski definition) is 6. The fourth-order valence-electron chi connectivity index (χ4n) is 5.78. The topological polar surface area (TPSA) is 293 Å². The zero-order chi connectivity index (χ0) is 53.4. The summed E-state index contributed by atoms with van der Waals surface area (Å²) in [5.74, 6) is -3.70. The van der Waals surface area contributed by atoms with Gasteiger partial charge in [-0.1, -0.05) is 19.1 Å². The van der Waals surface area contributed by atoms with Gasteiger partial charge >= 0.3 is 35.8 Å². The van der Waals surface area contributed by atoms with Crippen molar-refractivity contribution in [1.82, 2.24) is 19.5 Å². The Balaban J connectivity index is 0.000000326. The highest BCUT2D eigenvalue weighted by atomic mass is 31.2. The number of esters is 1. The number of aromatic carboxylic acids is 1. The van der Waals surface area contributed by atoms with Crippen molar-refractivity contribution in [2.24, 2.45) is 17.9 Å². The molecule has 2 amide bonds. The number of methoxy groups -OCH3 is 1. The van der Waals surface area contributed by atoms with Gasteiger partial charge in [0.2, 0.25) is 0 Å². The molecule has 0 aliphatic heterocycles. The van der Waals surface area contributed by atoms with Crippen LogP contribution in [0.4, 0.5) is 32.4 Å². The first kappa shape index (κ1) is 57.6. The Morgan fingerprint density at radius 3 is 2.15 bits per heavy atom. The molecule has 0 saturated heterocycles. The van der Waals surface area contributed by atoms with Crippen molar-refractivity contribution in [2.75, 3.05) is 25.3 Å². The van der Waals surface area contributed by atoms with Crippen molar-refractivity contribution in [3.05, 3.63) is 146 Å². The Kier molecular flexibility index (Phi) is 20.9. The number of carboxylic acid groups (broad SMARTS) is 2. The summed E-state index contributed by atoms with van der Waals surface area (Å²) in [6.45, 7) is 6.27. The predicted molar refractivity (Wildman–Crippen MR) is 247 cm³/mol. The highest BCUT2D eigenvalue weighted by molar-refractivity contribution is 7.57. The molecule has 0 aliphatic rings. The summed E-state index contributed by atoms with van der Waals surface area (Å²) in [7, 11) is -0.884. The largest absolute Gasteiger partial charge is 0.489 e. The number of hydrogen-bond acceptors (Lipinski definition) is 13. The number of ether oxygens (including phenoxy) is 3. The Hall–Kier alpha value is -7.76. The smallest absolute Gasteiger partial charge is 0.431 e. The van der Waals surface area contributed by atoms with Gasteiger partial charge in [-0.15, -0.1) is 0 Å². The van der Waals surface area contributed by atoms with Crippen LogP contribution in [0.5, 0.6) is 11.5 Å². The van der Waals surface area contributed by atoms with E-state index >= 15 is 0 Å². The summed E-state index contributed by atoms with van der Waals surface area (Å²) in [4.78, 5) is 82.0. The van der Waals surface area contributed by atoms with Gasteiger partial charge < -0.3 is 40.4 Å². The number of halogens is 5. The van der Waals surface area contributed by atoms with E-state index in [1.54, 1.807) is 6.92 Å². The van der Waals surface area contributed by atoms with E-state index in [1.165, 1.54) is 63.3 Å². The number of carboxylic acids is 2. The molecule has 26 heteroatoms. The number of nitrogens with one attached hydrogen (secondary N) is 2. The van der Waals surface area contributed by atoms with E-state index in [0.717, 1.165) is 31.2 Å². The Labute approximate surface area is 401 Å². The Bertz CT molecular complexity index is 2890. The first-order valence-electron chi connectivity index (χ1n) is 20.7. The minimum atomic E-state index is -4.84. The molecule has 382 valence electrons. The van der Waals surface area contributed by atoms with Crippen molar-refractivity contribution >= 4 is 42.7 Å². The number of alkyl halides is 3. The lowest BCUT2D eigenvalue weighted by Crippen LogP contribution is -2.40. The van der Waals surface area contributed by atoms with Gasteiger partial charge in [0, 0.05) is 49.5 Å². The molecule has 0 fully saturated rings. The second kappa shape index (κ2) is 25.7.